The number of likely N-dealkylation sites (tertiary alicyclic amines) is 2. The quantitative estimate of drug-likeness (QED) is 0.0877. The summed E-state index contributed by atoms with van der Waals surface area (Å²) in [5.41, 5.74) is 0.221. The number of carbonyl (C=O) groups is 2. The van der Waals surface area contributed by atoms with E-state index in [9.17, 15) is 44.7 Å². The number of hydrogen-bond acceptors (Lipinski definition) is 14. The van der Waals surface area contributed by atoms with Crippen molar-refractivity contribution in [1.29, 1.82) is 0 Å². The van der Waals surface area contributed by atoms with Crippen molar-refractivity contribution in [3.8, 4) is 45.8 Å². The Labute approximate surface area is 490 Å². The van der Waals surface area contributed by atoms with Crippen molar-refractivity contribution in [2.45, 2.75) is 64.0 Å². The maximum atomic E-state index is 15.0. The summed E-state index contributed by atoms with van der Waals surface area (Å²) >= 11 is 0. The number of nitrogens with zero attached hydrogens (tertiary/aromatic N) is 10. The van der Waals surface area contributed by atoms with E-state index < -0.39 is 58.1 Å². The lowest BCUT2D eigenvalue weighted by Gasteiger charge is -2.29. The molecule has 24 heteroatoms. The minimum atomic E-state index is -4.63. The number of alkyl halides is 6. The van der Waals surface area contributed by atoms with Crippen LogP contribution in [0.5, 0.6) is 23.3 Å². The van der Waals surface area contributed by atoms with Crippen LogP contribution in [0.1, 0.15) is 70.2 Å². The molecule has 2 N–H and O–H groups in total. The summed E-state index contributed by atoms with van der Waals surface area (Å²) in [5.74, 6) is -1.77. The minimum Gasteiger partial charge on any atom is -0.438 e. The van der Waals surface area contributed by atoms with Crippen LogP contribution >= 0.6 is 0 Å². The summed E-state index contributed by atoms with van der Waals surface area (Å²) in [5, 5.41) is 5.03. The smallest absolute Gasteiger partial charge is 0.416 e. The number of anilines is 4. The number of ether oxygens (including phenoxy) is 2. The molecule has 0 bridgehead atoms. The van der Waals surface area contributed by atoms with E-state index in [-0.39, 0.29) is 46.7 Å². The molecule has 0 saturated carbocycles. The van der Waals surface area contributed by atoms with E-state index in [0.29, 0.717) is 71.5 Å². The number of amides is 2. The van der Waals surface area contributed by atoms with Crippen LogP contribution in [0, 0.1) is 11.6 Å². The fourth-order valence-corrected chi connectivity index (χ4v) is 9.95. The first-order valence-corrected chi connectivity index (χ1v) is 27.4. The highest BCUT2D eigenvalue weighted by Gasteiger charge is 2.35. The Balaban J connectivity index is 0.000000205. The fraction of sp³-hybridized carbons (Fsp3) is 0.290. The number of pyridine rings is 2. The van der Waals surface area contributed by atoms with Gasteiger partial charge in [-0.1, -0.05) is 13.8 Å². The van der Waals surface area contributed by atoms with E-state index in [0.717, 1.165) is 62.3 Å². The molecule has 2 aliphatic rings. The third kappa shape index (κ3) is 14.7. The van der Waals surface area contributed by atoms with Crippen LogP contribution in [-0.2, 0) is 25.2 Å². The predicted octanol–water partition coefficient (Wildman–Crippen LogP) is 12.9. The molecular weight excluding hydrogens is 1130 g/mol. The highest BCUT2D eigenvalue weighted by molar-refractivity contribution is 6.07. The van der Waals surface area contributed by atoms with Gasteiger partial charge in [-0.3, -0.25) is 9.59 Å². The standard InChI is InChI=1S/2C31H30F4N6O2/c2*1-4-28-36-14-11-25(38-28)22-6-5-13-37-30(22)43-21-8-9-24(32)23(17-21)29(42)39-26-16-19(31(33,34)35)7-10-27(26)41(3)20-12-15-40(2)18-20/h2*5-11,13-14,16-17,20H,4,12,15,18H2,1-3H3,(H,39,42)/t2*20-/m10/s1. The second-order valence-electron chi connectivity index (χ2n) is 20.6. The van der Waals surface area contributed by atoms with Gasteiger partial charge >= 0.3 is 12.4 Å². The summed E-state index contributed by atoms with van der Waals surface area (Å²) < 4.78 is 124. The van der Waals surface area contributed by atoms with Gasteiger partial charge in [-0.05, 0) is 149 Å². The van der Waals surface area contributed by atoms with E-state index in [2.05, 4.69) is 50.3 Å². The Hall–Kier alpha value is -9.16. The number of carbonyl (C=O) groups excluding carboxylic acids is 2. The number of aromatic nitrogens is 6. The zero-order valence-corrected chi connectivity index (χ0v) is 47.6. The molecular formula is C62H60F8N12O4. The molecule has 0 spiro atoms. The summed E-state index contributed by atoms with van der Waals surface area (Å²) in [4.78, 5) is 60.6. The van der Waals surface area contributed by atoms with E-state index in [4.69, 9.17) is 9.47 Å². The summed E-state index contributed by atoms with van der Waals surface area (Å²) in [6, 6.07) is 23.9. The Morgan fingerprint density at radius 1 is 0.558 bits per heavy atom. The average Bonchev–Trinajstić information content (AvgIpc) is 3.13. The lowest BCUT2D eigenvalue weighted by molar-refractivity contribution is -0.138. The van der Waals surface area contributed by atoms with Crippen molar-refractivity contribution in [3.63, 3.8) is 0 Å². The Kier molecular flexibility index (Phi) is 18.9. The van der Waals surface area contributed by atoms with Crippen LogP contribution in [0.2, 0.25) is 0 Å². The van der Waals surface area contributed by atoms with Crippen LogP contribution in [0.3, 0.4) is 0 Å². The molecule has 0 aliphatic carbocycles. The molecule has 0 radical (unpaired) electrons. The van der Waals surface area contributed by atoms with E-state index in [1.165, 1.54) is 48.8 Å². The third-order valence-corrected chi connectivity index (χ3v) is 14.7. The number of hydrogen-bond donors (Lipinski definition) is 2. The van der Waals surface area contributed by atoms with Gasteiger partial charge in [0.25, 0.3) is 11.8 Å². The molecule has 2 atom stereocenters. The topological polar surface area (TPSA) is 167 Å². The van der Waals surface area contributed by atoms with Crippen LogP contribution in [-0.4, -0.2) is 118 Å². The number of halogens is 8. The number of likely N-dealkylation sites (N-methyl/N-ethyl adjacent to an activating group) is 4. The van der Waals surface area contributed by atoms with Crippen molar-refractivity contribution >= 4 is 34.6 Å². The highest BCUT2D eigenvalue weighted by atomic mass is 19.4. The van der Waals surface area contributed by atoms with Crippen molar-refractivity contribution in [1.82, 2.24) is 39.7 Å². The average molecular weight is 1190 g/mol. The molecule has 448 valence electrons. The zero-order valence-electron chi connectivity index (χ0n) is 47.6. The van der Waals surface area contributed by atoms with Crippen molar-refractivity contribution in [3.05, 3.63) is 180 Å². The molecule has 2 saturated heterocycles. The van der Waals surface area contributed by atoms with Crippen molar-refractivity contribution < 1.29 is 54.2 Å². The van der Waals surface area contributed by atoms with Crippen LogP contribution in [0.25, 0.3) is 22.5 Å². The molecule has 86 heavy (non-hydrogen) atoms. The number of benzene rings is 4. The first-order valence-electron chi connectivity index (χ1n) is 27.4. The largest absolute Gasteiger partial charge is 0.438 e. The zero-order chi connectivity index (χ0) is 61.5. The molecule has 10 rings (SSSR count). The van der Waals surface area contributed by atoms with Gasteiger partial charge in [-0.15, -0.1) is 0 Å². The molecule has 16 nitrogen and oxygen atoms in total. The monoisotopic (exact) mass is 1190 g/mol. The normalized spacial score (nSPS) is 15.4. The van der Waals surface area contributed by atoms with Crippen molar-refractivity contribution in [2.24, 2.45) is 0 Å². The lowest BCUT2D eigenvalue weighted by Crippen LogP contribution is -2.34. The summed E-state index contributed by atoms with van der Waals surface area (Å²) in [7, 11) is 7.46. The Morgan fingerprint density at radius 2 is 0.965 bits per heavy atom. The van der Waals surface area contributed by atoms with Gasteiger partial charge in [0.05, 0.1) is 67.5 Å². The summed E-state index contributed by atoms with van der Waals surface area (Å²) in [6.07, 6.45) is -0.109. The maximum Gasteiger partial charge on any atom is 0.416 e. The molecule has 4 aromatic heterocycles. The molecule has 2 amide bonds. The molecule has 0 unspecified atom stereocenters. The van der Waals surface area contributed by atoms with Gasteiger partial charge in [-0.25, -0.2) is 38.7 Å². The van der Waals surface area contributed by atoms with Gasteiger partial charge in [0, 0.05) is 76.9 Å². The first-order chi connectivity index (χ1) is 41.1. The minimum absolute atomic E-state index is 0.0294. The second-order valence-corrected chi connectivity index (χ2v) is 20.6. The van der Waals surface area contributed by atoms with Crippen LogP contribution < -0.4 is 29.9 Å². The second kappa shape index (κ2) is 26.4. The predicted molar refractivity (Wildman–Crippen MR) is 310 cm³/mol. The SMILES string of the molecule is CCc1nccc(-c2cccnc2Oc2ccc(F)c(C(=O)Nc3cc(C(F)(F)F)ccc3N(C)[C@@H]3CCN(C)C3)c2)n1.CCc1nccc(-c2cccnc2Oc2ccc(F)c(C(=O)Nc3cc(C(F)(F)F)ccc3N(C)[C@H]3CCN(C)C3)c2)n1. The lowest BCUT2D eigenvalue weighted by atomic mass is 10.1. The van der Waals surface area contributed by atoms with Gasteiger partial charge < -0.3 is 39.7 Å². The highest BCUT2D eigenvalue weighted by Crippen LogP contribution is 2.40. The third-order valence-electron chi connectivity index (χ3n) is 14.7. The summed E-state index contributed by atoms with van der Waals surface area (Å²) in [6.45, 7) is 6.96. The van der Waals surface area contributed by atoms with E-state index in [1.807, 2.05) is 37.7 Å². The van der Waals surface area contributed by atoms with Crippen LogP contribution in [0.4, 0.5) is 57.9 Å². The molecule has 8 aromatic rings. The number of nitrogens with one attached hydrogen (secondary N) is 2. The molecule has 6 heterocycles. The van der Waals surface area contributed by atoms with Gasteiger partial charge in [0.15, 0.2) is 0 Å². The Bertz CT molecular complexity index is 3500. The van der Waals surface area contributed by atoms with Gasteiger partial charge in [0.2, 0.25) is 11.8 Å². The molecule has 4 aromatic carbocycles. The molecule has 2 fully saturated rings. The van der Waals surface area contributed by atoms with Gasteiger partial charge in [-0.2, -0.15) is 26.3 Å². The fourth-order valence-electron chi connectivity index (χ4n) is 9.95. The van der Waals surface area contributed by atoms with Crippen LogP contribution in [0.15, 0.2) is 134 Å². The van der Waals surface area contributed by atoms with E-state index in [1.54, 1.807) is 62.9 Å². The molecule has 2 aliphatic heterocycles. The Morgan fingerprint density at radius 3 is 1.33 bits per heavy atom. The number of rotatable bonds is 16. The van der Waals surface area contributed by atoms with Gasteiger partial charge in [0.1, 0.15) is 34.8 Å². The maximum absolute atomic E-state index is 15.0. The number of aryl methyl sites for hydroxylation is 2. The van der Waals surface area contributed by atoms with E-state index >= 15 is 0 Å². The van der Waals surface area contributed by atoms with Crippen molar-refractivity contribution in [2.75, 3.05) is 74.8 Å². The first kappa shape index (κ1) is 61.4.